The van der Waals surface area contributed by atoms with E-state index >= 15 is 0 Å². The second-order valence-corrected chi connectivity index (χ2v) is 6.74. The predicted molar refractivity (Wildman–Crippen MR) is 102 cm³/mol. The second kappa shape index (κ2) is 8.70. The van der Waals surface area contributed by atoms with Crippen LogP contribution in [0, 0.1) is 0 Å². The number of hydrogen-bond acceptors (Lipinski definition) is 6. The van der Waals surface area contributed by atoms with Crippen LogP contribution in [0.4, 0.5) is 5.95 Å². The molecule has 0 saturated heterocycles. The minimum Gasteiger partial charge on any atom is -0.508 e. The molecule has 27 heavy (non-hydrogen) atoms. The third kappa shape index (κ3) is 4.30. The summed E-state index contributed by atoms with van der Waals surface area (Å²) in [6.45, 7) is 4.42. The first-order valence-corrected chi connectivity index (χ1v) is 9.45. The molecule has 1 aromatic carbocycles. The molecule has 0 radical (unpaired) electrons. The van der Waals surface area contributed by atoms with Gasteiger partial charge in [0.05, 0.1) is 12.2 Å². The molecule has 1 aromatic heterocycles. The molecule has 1 aliphatic rings. The van der Waals surface area contributed by atoms with Crippen LogP contribution in [0.2, 0.25) is 0 Å². The SMILES string of the molecule is CCCCCCCOC(=O)C1=C(C)Nc2ncnn2[C@H]1c1ccc(O)cc1. The van der Waals surface area contributed by atoms with E-state index in [1.54, 1.807) is 28.9 Å². The Morgan fingerprint density at radius 2 is 1.96 bits per heavy atom. The van der Waals surface area contributed by atoms with E-state index in [9.17, 15) is 9.90 Å². The standard InChI is InChI=1S/C20H26N4O3/c1-3-4-5-6-7-12-27-19(26)17-14(2)23-20-21-13-22-24(20)18(17)15-8-10-16(25)11-9-15/h8-11,13,18,25H,3-7,12H2,1-2H3,(H,21,22,23)/t18-/m0/s1. The first-order chi connectivity index (χ1) is 13.1. The summed E-state index contributed by atoms with van der Waals surface area (Å²) in [6, 6.07) is 6.31. The highest BCUT2D eigenvalue weighted by molar-refractivity contribution is 5.92. The van der Waals surface area contributed by atoms with Crippen LogP contribution in [0.15, 0.2) is 41.9 Å². The Labute approximate surface area is 159 Å². The van der Waals surface area contributed by atoms with E-state index in [0.29, 0.717) is 23.8 Å². The van der Waals surface area contributed by atoms with Gasteiger partial charge in [-0.2, -0.15) is 10.1 Å². The van der Waals surface area contributed by atoms with Crippen molar-refractivity contribution in [3.05, 3.63) is 47.4 Å². The number of rotatable bonds is 8. The number of unbranched alkanes of at least 4 members (excludes halogenated alkanes) is 4. The minimum atomic E-state index is -0.447. The van der Waals surface area contributed by atoms with E-state index < -0.39 is 6.04 Å². The number of phenolic OH excluding ortho intramolecular Hbond substituents is 1. The normalized spacial score (nSPS) is 16.0. The number of esters is 1. The van der Waals surface area contributed by atoms with Gasteiger partial charge in [-0.15, -0.1) is 0 Å². The van der Waals surface area contributed by atoms with Gasteiger partial charge >= 0.3 is 5.97 Å². The van der Waals surface area contributed by atoms with Gasteiger partial charge in [0, 0.05) is 5.70 Å². The third-order valence-electron chi connectivity index (χ3n) is 4.70. The maximum absolute atomic E-state index is 12.8. The summed E-state index contributed by atoms with van der Waals surface area (Å²) in [7, 11) is 0. The smallest absolute Gasteiger partial charge is 0.338 e. The van der Waals surface area contributed by atoms with Gasteiger partial charge in [0.15, 0.2) is 0 Å². The van der Waals surface area contributed by atoms with Crippen molar-refractivity contribution >= 4 is 11.9 Å². The molecule has 0 spiro atoms. The molecular weight excluding hydrogens is 344 g/mol. The van der Waals surface area contributed by atoms with Crippen molar-refractivity contribution < 1.29 is 14.6 Å². The molecule has 1 aliphatic heterocycles. The van der Waals surface area contributed by atoms with Gasteiger partial charge in [-0.3, -0.25) is 0 Å². The van der Waals surface area contributed by atoms with E-state index in [1.807, 2.05) is 6.92 Å². The van der Waals surface area contributed by atoms with Crippen molar-refractivity contribution in [2.45, 2.75) is 52.0 Å². The summed E-state index contributed by atoms with van der Waals surface area (Å²) in [6.07, 6.45) is 6.93. The summed E-state index contributed by atoms with van der Waals surface area (Å²) in [5.41, 5.74) is 2.03. The molecule has 0 amide bonds. The Morgan fingerprint density at radius 3 is 2.70 bits per heavy atom. The van der Waals surface area contributed by atoms with Crippen molar-refractivity contribution in [2.75, 3.05) is 11.9 Å². The third-order valence-corrected chi connectivity index (χ3v) is 4.70. The number of aromatic nitrogens is 3. The van der Waals surface area contributed by atoms with Crippen LogP contribution in [0.1, 0.15) is 57.6 Å². The van der Waals surface area contributed by atoms with Crippen LogP contribution in [-0.2, 0) is 9.53 Å². The number of benzene rings is 1. The fraction of sp³-hybridized carbons (Fsp3) is 0.450. The molecule has 2 heterocycles. The van der Waals surface area contributed by atoms with Crippen LogP contribution in [0.25, 0.3) is 0 Å². The van der Waals surface area contributed by atoms with Crippen molar-refractivity contribution in [1.29, 1.82) is 0 Å². The lowest BCUT2D eigenvalue weighted by molar-refractivity contribution is -0.139. The minimum absolute atomic E-state index is 0.170. The molecule has 1 atom stereocenters. The fourth-order valence-electron chi connectivity index (χ4n) is 3.27. The number of fused-ring (bicyclic) bond motifs is 1. The molecule has 7 nitrogen and oxygen atoms in total. The monoisotopic (exact) mass is 370 g/mol. The van der Waals surface area contributed by atoms with Gasteiger partial charge in [-0.1, -0.05) is 44.7 Å². The summed E-state index contributed by atoms with van der Waals surface area (Å²) in [4.78, 5) is 17.1. The summed E-state index contributed by atoms with van der Waals surface area (Å²) in [5.74, 6) is 0.389. The lowest BCUT2D eigenvalue weighted by Crippen LogP contribution is -2.29. The molecule has 0 fully saturated rings. The number of anilines is 1. The largest absolute Gasteiger partial charge is 0.508 e. The Hall–Kier alpha value is -2.83. The number of nitrogens with zero attached hydrogens (tertiary/aromatic N) is 3. The number of nitrogens with one attached hydrogen (secondary N) is 1. The number of allylic oxidation sites excluding steroid dienone is 1. The number of aromatic hydroxyl groups is 1. The number of hydrogen-bond donors (Lipinski definition) is 2. The lowest BCUT2D eigenvalue weighted by atomic mass is 9.96. The maximum atomic E-state index is 12.8. The Bertz CT molecular complexity index is 811. The first-order valence-electron chi connectivity index (χ1n) is 9.45. The van der Waals surface area contributed by atoms with E-state index in [2.05, 4.69) is 22.3 Å². The highest BCUT2D eigenvalue weighted by atomic mass is 16.5. The van der Waals surface area contributed by atoms with Crippen molar-refractivity contribution in [2.24, 2.45) is 0 Å². The van der Waals surface area contributed by atoms with E-state index in [1.165, 1.54) is 19.2 Å². The van der Waals surface area contributed by atoms with Crippen LogP contribution in [-0.4, -0.2) is 32.4 Å². The molecule has 144 valence electrons. The summed E-state index contributed by atoms with van der Waals surface area (Å²) in [5, 5.41) is 17.0. The molecule has 0 unspecified atom stereocenters. The van der Waals surface area contributed by atoms with Crippen LogP contribution in [0.3, 0.4) is 0 Å². The number of phenols is 1. The van der Waals surface area contributed by atoms with E-state index in [-0.39, 0.29) is 11.7 Å². The molecule has 2 aromatic rings. The Kier molecular flexibility index (Phi) is 6.11. The van der Waals surface area contributed by atoms with E-state index in [4.69, 9.17) is 4.74 Å². The highest BCUT2D eigenvalue weighted by Gasteiger charge is 2.34. The van der Waals surface area contributed by atoms with Crippen LogP contribution >= 0.6 is 0 Å². The van der Waals surface area contributed by atoms with Crippen LogP contribution < -0.4 is 5.32 Å². The van der Waals surface area contributed by atoms with Crippen molar-refractivity contribution in [3.8, 4) is 5.75 Å². The molecule has 3 rings (SSSR count). The Balaban J connectivity index is 1.78. The van der Waals surface area contributed by atoms with Crippen molar-refractivity contribution in [3.63, 3.8) is 0 Å². The Morgan fingerprint density at radius 1 is 1.22 bits per heavy atom. The topological polar surface area (TPSA) is 89.3 Å². The van der Waals surface area contributed by atoms with Gasteiger partial charge in [0.25, 0.3) is 0 Å². The molecule has 0 saturated carbocycles. The van der Waals surface area contributed by atoms with Gasteiger partial charge in [0.2, 0.25) is 5.95 Å². The second-order valence-electron chi connectivity index (χ2n) is 6.74. The average Bonchev–Trinajstić information content (AvgIpc) is 3.12. The van der Waals surface area contributed by atoms with Gasteiger partial charge in [0.1, 0.15) is 18.1 Å². The fourth-order valence-corrected chi connectivity index (χ4v) is 3.27. The highest BCUT2D eigenvalue weighted by Crippen LogP contribution is 2.35. The van der Waals surface area contributed by atoms with E-state index in [0.717, 1.165) is 24.8 Å². The molecule has 2 N–H and O–H groups in total. The van der Waals surface area contributed by atoms with Gasteiger partial charge in [-0.05, 0) is 31.0 Å². The quantitative estimate of drug-likeness (QED) is 0.543. The van der Waals surface area contributed by atoms with Crippen molar-refractivity contribution in [1.82, 2.24) is 14.8 Å². The molecule has 0 bridgehead atoms. The predicted octanol–water partition coefficient (Wildman–Crippen LogP) is 3.79. The maximum Gasteiger partial charge on any atom is 0.338 e. The zero-order chi connectivity index (χ0) is 19.2. The number of ether oxygens (including phenoxy) is 1. The number of carbonyl (C=O) groups excluding carboxylic acids is 1. The number of carbonyl (C=O) groups is 1. The lowest BCUT2D eigenvalue weighted by Gasteiger charge is -2.28. The van der Waals surface area contributed by atoms with Gasteiger partial charge < -0.3 is 15.2 Å². The van der Waals surface area contributed by atoms with Gasteiger partial charge in [-0.25, -0.2) is 9.48 Å². The summed E-state index contributed by atoms with van der Waals surface area (Å²) >= 11 is 0. The first kappa shape index (κ1) is 18.9. The molecule has 7 heteroatoms. The molecule has 0 aliphatic carbocycles. The summed E-state index contributed by atoms with van der Waals surface area (Å²) < 4.78 is 7.22. The zero-order valence-electron chi connectivity index (χ0n) is 15.8. The average molecular weight is 370 g/mol. The zero-order valence-corrected chi connectivity index (χ0v) is 15.8. The molecular formula is C20H26N4O3. The van der Waals surface area contributed by atoms with Crippen LogP contribution in [0.5, 0.6) is 5.75 Å².